The Hall–Kier alpha value is -3.15. The van der Waals surface area contributed by atoms with Gasteiger partial charge in [-0.3, -0.25) is 14.7 Å². The molecule has 0 atom stereocenters. The molecule has 3 aromatic rings. The molecule has 160 valence electrons. The van der Waals surface area contributed by atoms with Crippen LogP contribution in [-0.4, -0.2) is 45.5 Å². The number of ketones is 1. The predicted molar refractivity (Wildman–Crippen MR) is 119 cm³/mol. The zero-order valence-electron chi connectivity index (χ0n) is 18.2. The first-order valence-electron chi connectivity index (χ1n) is 11.0. The molecule has 0 bridgehead atoms. The molecule has 1 fully saturated rings. The summed E-state index contributed by atoms with van der Waals surface area (Å²) in [5.74, 6) is 0.862. The third-order valence-corrected chi connectivity index (χ3v) is 6.93. The number of rotatable bonds is 2. The molecule has 0 aliphatic carbocycles. The molecule has 31 heavy (non-hydrogen) atoms. The highest BCUT2D eigenvalue weighted by Crippen LogP contribution is 2.40. The van der Waals surface area contributed by atoms with Crippen molar-refractivity contribution >= 4 is 22.6 Å². The monoisotopic (exact) mass is 417 g/mol. The van der Waals surface area contributed by atoms with Crippen molar-refractivity contribution in [3.63, 3.8) is 0 Å². The van der Waals surface area contributed by atoms with Crippen LogP contribution in [0.5, 0.6) is 5.75 Å². The Kier molecular flexibility index (Phi) is 4.61. The highest BCUT2D eigenvalue weighted by molar-refractivity contribution is 6.01. The Morgan fingerprint density at radius 2 is 1.90 bits per heavy atom. The Morgan fingerprint density at radius 1 is 1.16 bits per heavy atom. The van der Waals surface area contributed by atoms with Gasteiger partial charge in [-0.15, -0.1) is 0 Å². The van der Waals surface area contributed by atoms with E-state index < -0.39 is 5.60 Å². The third-order valence-electron chi connectivity index (χ3n) is 6.93. The van der Waals surface area contributed by atoms with Crippen molar-refractivity contribution in [2.75, 3.05) is 13.1 Å². The van der Waals surface area contributed by atoms with Crippen molar-refractivity contribution in [2.45, 2.75) is 52.1 Å². The zero-order chi connectivity index (χ0) is 21.8. The zero-order valence-corrected chi connectivity index (χ0v) is 18.2. The lowest BCUT2D eigenvalue weighted by molar-refractivity contribution is -0.00575. The fourth-order valence-corrected chi connectivity index (χ4v) is 4.86. The summed E-state index contributed by atoms with van der Waals surface area (Å²) in [5, 5.41) is 8.10. The number of hydrogen-bond donors (Lipinski definition) is 1. The number of likely N-dealkylation sites (tertiary alicyclic amines) is 1. The SMILES string of the molecule is CCc1cc(C(=O)N2CCC3(CC2)CC(=O)c2cc(C)c(C)cc2O3)cc2cn[nH]c12. The first kappa shape index (κ1) is 19.8. The number of benzene rings is 2. The van der Waals surface area contributed by atoms with E-state index >= 15 is 0 Å². The second-order valence-corrected chi connectivity index (χ2v) is 8.93. The fourth-order valence-electron chi connectivity index (χ4n) is 4.86. The maximum absolute atomic E-state index is 13.2. The second kappa shape index (κ2) is 7.22. The Morgan fingerprint density at radius 3 is 2.65 bits per heavy atom. The van der Waals surface area contributed by atoms with Gasteiger partial charge in [0.2, 0.25) is 0 Å². The van der Waals surface area contributed by atoms with Gasteiger partial charge in [0.15, 0.2) is 5.78 Å². The summed E-state index contributed by atoms with van der Waals surface area (Å²) in [7, 11) is 0. The number of piperidine rings is 1. The molecule has 1 saturated heterocycles. The number of H-pyrrole nitrogens is 1. The Balaban J connectivity index is 1.35. The van der Waals surface area contributed by atoms with E-state index in [2.05, 4.69) is 17.1 Å². The van der Waals surface area contributed by atoms with Gasteiger partial charge in [0.05, 0.1) is 23.7 Å². The molecule has 1 amide bonds. The van der Waals surface area contributed by atoms with Crippen LogP contribution in [0.25, 0.3) is 10.9 Å². The number of carbonyl (C=O) groups is 2. The number of fused-ring (bicyclic) bond motifs is 2. The molecule has 6 nitrogen and oxygen atoms in total. The number of amides is 1. The molecule has 1 spiro atoms. The lowest BCUT2D eigenvalue weighted by Crippen LogP contribution is -2.52. The first-order chi connectivity index (χ1) is 14.9. The van der Waals surface area contributed by atoms with Crippen LogP contribution in [0, 0.1) is 13.8 Å². The smallest absolute Gasteiger partial charge is 0.253 e. The molecule has 3 heterocycles. The molecule has 1 aromatic heterocycles. The van der Waals surface area contributed by atoms with Gasteiger partial charge in [0.25, 0.3) is 5.91 Å². The van der Waals surface area contributed by atoms with E-state index in [1.807, 2.05) is 43.0 Å². The predicted octanol–water partition coefficient (Wildman–Crippen LogP) is 4.38. The number of aryl methyl sites for hydroxylation is 3. The van der Waals surface area contributed by atoms with Gasteiger partial charge in [0, 0.05) is 36.9 Å². The van der Waals surface area contributed by atoms with Crippen molar-refractivity contribution in [3.8, 4) is 5.75 Å². The average Bonchev–Trinajstić information content (AvgIpc) is 3.23. The van der Waals surface area contributed by atoms with Crippen LogP contribution >= 0.6 is 0 Å². The van der Waals surface area contributed by atoms with Crippen LogP contribution in [0.4, 0.5) is 0 Å². The van der Waals surface area contributed by atoms with Crippen molar-refractivity contribution in [1.29, 1.82) is 0 Å². The normalized spacial score (nSPS) is 17.6. The lowest BCUT2D eigenvalue weighted by Gasteiger charge is -2.44. The van der Waals surface area contributed by atoms with Gasteiger partial charge in [-0.1, -0.05) is 6.92 Å². The summed E-state index contributed by atoms with van der Waals surface area (Å²) < 4.78 is 6.41. The summed E-state index contributed by atoms with van der Waals surface area (Å²) >= 11 is 0. The second-order valence-electron chi connectivity index (χ2n) is 8.93. The number of ether oxygens (including phenoxy) is 1. The van der Waals surface area contributed by atoms with Crippen LogP contribution in [0.15, 0.2) is 30.5 Å². The summed E-state index contributed by atoms with van der Waals surface area (Å²) in [5.41, 5.74) is 5.19. The summed E-state index contributed by atoms with van der Waals surface area (Å²) in [6.07, 6.45) is 4.29. The van der Waals surface area contributed by atoms with Crippen molar-refractivity contribution in [2.24, 2.45) is 0 Å². The highest BCUT2D eigenvalue weighted by Gasteiger charge is 2.44. The first-order valence-corrected chi connectivity index (χ1v) is 11.0. The van der Waals surface area contributed by atoms with E-state index in [-0.39, 0.29) is 11.7 Å². The number of Topliss-reactive ketones (excluding diaryl/α,β-unsaturated/α-hetero) is 1. The van der Waals surface area contributed by atoms with Gasteiger partial charge in [-0.05, 0) is 61.2 Å². The minimum atomic E-state index is -0.508. The van der Waals surface area contributed by atoms with E-state index in [9.17, 15) is 9.59 Å². The maximum atomic E-state index is 13.2. The Bertz CT molecular complexity index is 1200. The average molecular weight is 418 g/mol. The largest absolute Gasteiger partial charge is 0.486 e. The van der Waals surface area contributed by atoms with Crippen LogP contribution in [0.2, 0.25) is 0 Å². The van der Waals surface area contributed by atoms with Gasteiger partial charge in [-0.2, -0.15) is 5.10 Å². The van der Waals surface area contributed by atoms with Crippen LogP contribution < -0.4 is 4.74 Å². The van der Waals surface area contributed by atoms with Crippen molar-refractivity contribution in [3.05, 3.63) is 58.3 Å². The molecular weight excluding hydrogens is 390 g/mol. The van der Waals surface area contributed by atoms with Gasteiger partial charge < -0.3 is 9.64 Å². The van der Waals surface area contributed by atoms with E-state index in [0.717, 1.165) is 34.0 Å². The number of aromatic nitrogens is 2. The molecular formula is C25H27N3O3. The number of nitrogens with zero attached hydrogens (tertiary/aromatic N) is 2. The van der Waals surface area contributed by atoms with Gasteiger partial charge >= 0.3 is 0 Å². The molecule has 0 unspecified atom stereocenters. The molecule has 2 aliphatic rings. The molecule has 6 heteroatoms. The topological polar surface area (TPSA) is 75.3 Å². The van der Waals surface area contributed by atoms with Crippen molar-refractivity contribution in [1.82, 2.24) is 15.1 Å². The minimum absolute atomic E-state index is 0.0293. The number of carbonyl (C=O) groups excluding carboxylic acids is 2. The van der Waals surface area contributed by atoms with E-state index in [4.69, 9.17) is 4.74 Å². The molecule has 1 N–H and O–H groups in total. The number of aromatic amines is 1. The molecule has 0 saturated carbocycles. The number of nitrogens with one attached hydrogen (secondary N) is 1. The van der Waals surface area contributed by atoms with Gasteiger partial charge in [-0.25, -0.2) is 0 Å². The molecule has 2 aliphatic heterocycles. The molecule has 5 rings (SSSR count). The van der Waals surface area contributed by atoms with Crippen molar-refractivity contribution < 1.29 is 14.3 Å². The summed E-state index contributed by atoms with van der Waals surface area (Å²) in [4.78, 5) is 28.0. The summed E-state index contributed by atoms with van der Waals surface area (Å²) in [6.45, 7) is 7.29. The third kappa shape index (κ3) is 3.30. The van der Waals surface area contributed by atoms with Crippen LogP contribution in [0.3, 0.4) is 0 Å². The maximum Gasteiger partial charge on any atom is 0.253 e. The molecule has 0 radical (unpaired) electrons. The van der Waals surface area contributed by atoms with Crippen LogP contribution in [0.1, 0.15) is 63.6 Å². The van der Waals surface area contributed by atoms with E-state index in [1.165, 1.54) is 0 Å². The minimum Gasteiger partial charge on any atom is -0.486 e. The standard InChI is InChI=1S/C25H27N3O3/c1-4-17-11-18(12-19-14-26-27-23(17)19)24(30)28-7-5-25(6-8-28)13-21(29)20-9-15(2)16(3)10-22(20)31-25/h9-12,14H,4-8,13H2,1-3H3,(H,26,27). The fraction of sp³-hybridized carbons (Fsp3) is 0.400. The lowest BCUT2D eigenvalue weighted by atomic mass is 9.81. The Labute approximate surface area is 181 Å². The number of hydrogen-bond acceptors (Lipinski definition) is 4. The van der Waals surface area contributed by atoms with Crippen LogP contribution in [-0.2, 0) is 6.42 Å². The van der Waals surface area contributed by atoms with E-state index in [1.54, 1.807) is 6.20 Å². The van der Waals surface area contributed by atoms with Gasteiger partial charge in [0.1, 0.15) is 11.4 Å². The quantitative estimate of drug-likeness (QED) is 0.671. The van der Waals surface area contributed by atoms with E-state index in [0.29, 0.717) is 49.2 Å². The summed E-state index contributed by atoms with van der Waals surface area (Å²) in [6, 6.07) is 7.80. The highest BCUT2D eigenvalue weighted by atomic mass is 16.5. The molecule has 2 aromatic carbocycles.